The molecule has 2 heterocycles. The fourth-order valence-corrected chi connectivity index (χ4v) is 2.84. The van der Waals surface area contributed by atoms with Gasteiger partial charge in [0.2, 0.25) is 0 Å². The molecule has 8 nitrogen and oxygen atoms in total. The van der Waals surface area contributed by atoms with Crippen molar-refractivity contribution in [3.63, 3.8) is 0 Å². The number of imidazole rings is 1. The maximum atomic E-state index is 8.93. The molecule has 0 aliphatic heterocycles. The molecule has 0 fully saturated rings. The van der Waals surface area contributed by atoms with Crippen LogP contribution in [0.1, 0.15) is 5.82 Å². The Morgan fingerprint density at radius 3 is 2.63 bits per heavy atom. The van der Waals surface area contributed by atoms with Crippen LogP contribution in [0.2, 0.25) is 0 Å². The average molecular weight is 362 g/mol. The Hall–Kier alpha value is -3.52. The van der Waals surface area contributed by atoms with Gasteiger partial charge in [-0.25, -0.2) is 4.98 Å². The van der Waals surface area contributed by atoms with E-state index in [-0.39, 0.29) is 13.2 Å². The average Bonchev–Trinajstić information content (AvgIpc) is 3.36. The van der Waals surface area contributed by atoms with Gasteiger partial charge in [-0.2, -0.15) is 4.68 Å². The summed E-state index contributed by atoms with van der Waals surface area (Å²) in [5.74, 6) is 2.22. The van der Waals surface area contributed by atoms with Gasteiger partial charge >= 0.3 is 0 Å². The van der Waals surface area contributed by atoms with Crippen LogP contribution in [0, 0.1) is 6.92 Å². The highest BCUT2D eigenvalue weighted by atomic mass is 16.5. The lowest BCUT2D eigenvalue weighted by atomic mass is 10.2. The van der Waals surface area contributed by atoms with E-state index in [4.69, 9.17) is 9.84 Å². The van der Waals surface area contributed by atoms with Gasteiger partial charge in [-0.3, -0.25) is 4.57 Å². The van der Waals surface area contributed by atoms with Gasteiger partial charge in [0.25, 0.3) is 0 Å². The molecule has 136 valence electrons. The Kier molecular flexibility index (Phi) is 4.63. The topological polar surface area (TPSA) is 90.9 Å². The van der Waals surface area contributed by atoms with Crippen LogP contribution in [0.4, 0.5) is 0 Å². The number of aliphatic hydroxyl groups is 1. The van der Waals surface area contributed by atoms with Gasteiger partial charge in [0.15, 0.2) is 5.82 Å². The monoisotopic (exact) mass is 362 g/mol. The van der Waals surface area contributed by atoms with Crippen molar-refractivity contribution in [2.24, 2.45) is 0 Å². The smallest absolute Gasteiger partial charge is 0.153 e. The highest BCUT2D eigenvalue weighted by Gasteiger charge is 2.10. The molecule has 4 aromatic rings. The van der Waals surface area contributed by atoms with E-state index in [1.165, 1.54) is 0 Å². The molecule has 1 N–H and O–H groups in total. The largest absolute Gasteiger partial charge is 0.491 e. The molecule has 0 spiro atoms. The first-order valence-corrected chi connectivity index (χ1v) is 8.49. The second-order valence-electron chi connectivity index (χ2n) is 5.88. The summed E-state index contributed by atoms with van der Waals surface area (Å²) in [6.45, 7) is 2.09. The summed E-state index contributed by atoms with van der Waals surface area (Å²) in [5.41, 5.74) is 2.79. The molecule has 2 aromatic heterocycles. The summed E-state index contributed by atoms with van der Waals surface area (Å²) in [7, 11) is 0. The summed E-state index contributed by atoms with van der Waals surface area (Å²) in [5, 5.41) is 20.5. The number of rotatable bonds is 6. The maximum absolute atomic E-state index is 8.93. The van der Waals surface area contributed by atoms with Crippen LogP contribution < -0.4 is 4.74 Å². The Bertz CT molecular complexity index is 1040. The van der Waals surface area contributed by atoms with E-state index in [2.05, 4.69) is 20.5 Å². The number of aryl methyl sites for hydroxylation is 1. The Morgan fingerprint density at radius 1 is 1.07 bits per heavy atom. The van der Waals surface area contributed by atoms with Crippen molar-refractivity contribution in [3.05, 3.63) is 66.7 Å². The first kappa shape index (κ1) is 16.9. The lowest BCUT2D eigenvalue weighted by Gasteiger charge is -2.11. The highest BCUT2D eigenvalue weighted by Crippen LogP contribution is 2.25. The van der Waals surface area contributed by atoms with Crippen LogP contribution in [0.3, 0.4) is 0 Å². The van der Waals surface area contributed by atoms with Gasteiger partial charge < -0.3 is 9.84 Å². The molecule has 0 aliphatic carbocycles. The zero-order chi connectivity index (χ0) is 18.6. The van der Waals surface area contributed by atoms with Crippen molar-refractivity contribution in [1.82, 2.24) is 29.8 Å². The van der Waals surface area contributed by atoms with E-state index in [1.807, 2.05) is 66.2 Å². The van der Waals surface area contributed by atoms with Crippen LogP contribution in [0.15, 0.2) is 60.9 Å². The van der Waals surface area contributed by atoms with E-state index in [0.29, 0.717) is 5.75 Å². The first-order chi connectivity index (χ1) is 13.3. The molecular formula is C19H18N6O2. The van der Waals surface area contributed by atoms with Gasteiger partial charge in [0.05, 0.1) is 12.3 Å². The molecule has 0 saturated carbocycles. The lowest BCUT2D eigenvalue weighted by molar-refractivity contribution is 0.201. The number of benzene rings is 2. The van der Waals surface area contributed by atoms with Gasteiger partial charge in [-0.05, 0) is 53.7 Å². The first-order valence-electron chi connectivity index (χ1n) is 8.49. The number of ether oxygens (including phenoxy) is 1. The summed E-state index contributed by atoms with van der Waals surface area (Å²) in [6.07, 6.45) is 3.67. The molecule has 0 radical (unpaired) electrons. The van der Waals surface area contributed by atoms with Crippen molar-refractivity contribution in [2.75, 3.05) is 13.2 Å². The molecule has 4 rings (SSSR count). The molecule has 0 amide bonds. The standard InChI is InChI=1S/C19H18N6O2/c1-14-21-22-23-25(14)17-7-5-16(6-8-17)24-10-9-20-19(24)15-3-2-4-18(13-15)27-12-11-26/h2-10,13,26H,11-12H2,1H3. The quantitative estimate of drug-likeness (QED) is 0.565. The zero-order valence-electron chi connectivity index (χ0n) is 14.7. The van der Waals surface area contributed by atoms with Crippen molar-refractivity contribution >= 4 is 0 Å². The van der Waals surface area contributed by atoms with E-state index in [1.54, 1.807) is 10.9 Å². The summed E-state index contributed by atoms with van der Waals surface area (Å²) >= 11 is 0. The lowest BCUT2D eigenvalue weighted by Crippen LogP contribution is -2.02. The minimum absolute atomic E-state index is 0.0219. The van der Waals surface area contributed by atoms with Gasteiger partial charge in [-0.1, -0.05) is 12.1 Å². The van der Waals surface area contributed by atoms with Gasteiger partial charge in [-0.15, -0.1) is 5.10 Å². The fourth-order valence-electron chi connectivity index (χ4n) is 2.84. The van der Waals surface area contributed by atoms with Crippen LogP contribution in [0.25, 0.3) is 22.8 Å². The van der Waals surface area contributed by atoms with Crippen molar-refractivity contribution in [1.29, 1.82) is 0 Å². The minimum atomic E-state index is -0.0219. The Balaban J connectivity index is 1.65. The molecule has 8 heteroatoms. The van der Waals surface area contributed by atoms with Gasteiger partial charge in [0.1, 0.15) is 18.2 Å². The molecule has 27 heavy (non-hydrogen) atoms. The maximum Gasteiger partial charge on any atom is 0.153 e. The van der Waals surface area contributed by atoms with Crippen molar-refractivity contribution in [3.8, 4) is 28.5 Å². The predicted molar refractivity (Wildman–Crippen MR) is 99.0 cm³/mol. The summed E-state index contributed by atoms with van der Waals surface area (Å²) in [6, 6.07) is 15.6. The SMILES string of the molecule is Cc1nnnn1-c1ccc(-n2ccnc2-c2cccc(OCCO)c2)cc1. The molecule has 0 aliphatic rings. The van der Waals surface area contributed by atoms with E-state index < -0.39 is 0 Å². The number of nitrogens with zero attached hydrogens (tertiary/aromatic N) is 6. The summed E-state index contributed by atoms with van der Waals surface area (Å²) < 4.78 is 9.18. The van der Waals surface area contributed by atoms with E-state index >= 15 is 0 Å². The molecular weight excluding hydrogens is 344 g/mol. The molecule has 0 bridgehead atoms. The second kappa shape index (κ2) is 7.38. The van der Waals surface area contributed by atoms with Crippen molar-refractivity contribution in [2.45, 2.75) is 6.92 Å². The number of tetrazole rings is 1. The third kappa shape index (κ3) is 3.42. The summed E-state index contributed by atoms with van der Waals surface area (Å²) in [4.78, 5) is 4.49. The van der Waals surface area contributed by atoms with E-state index in [9.17, 15) is 0 Å². The minimum Gasteiger partial charge on any atom is -0.491 e. The van der Waals surface area contributed by atoms with Crippen molar-refractivity contribution < 1.29 is 9.84 Å². The second-order valence-corrected chi connectivity index (χ2v) is 5.88. The number of aliphatic hydroxyl groups excluding tert-OH is 1. The predicted octanol–water partition coefficient (Wildman–Crippen LogP) is 2.19. The highest BCUT2D eigenvalue weighted by molar-refractivity contribution is 5.61. The van der Waals surface area contributed by atoms with Crippen LogP contribution in [-0.2, 0) is 0 Å². The normalized spacial score (nSPS) is 10.9. The van der Waals surface area contributed by atoms with Crippen LogP contribution in [0.5, 0.6) is 5.75 Å². The molecule has 2 aromatic carbocycles. The third-order valence-electron chi connectivity index (χ3n) is 4.09. The number of hydrogen-bond acceptors (Lipinski definition) is 6. The van der Waals surface area contributed by atoms with Gasteiger partial charge in [0, 0.05) is 23.6 Å². The van der Waals surface area contributed by atoms with Crippen LogP contribution in [-0.4, -0.2) is 48.1 Å². The Morgan fingerprint density at radius 2 is 1.89 bits per heavy atom. The Labute approximate surface area is 155 Å². The van der Waals surface area contributed by atoms with E-state index in [0.717, 1.165) is 28.6 Å². The third-order valence-corrected chi connectivity index (χ3v) is 4.09. The molecule has 0 atom stereocenters. The molecule has 0 saturated heterocycles. The zero-order valence-corrected chi connectivity index (χ0v) is 14.7. The van der Waals surface area contributed by atoms with Crippen LogP contribution >= 0.6 is 0 Å². The molecule has 0 unspecified atom stereocenters. The fraction of sp³-hybridized carbons (Fsp3) is 0.158. The number of hydrogen-bond donors (Lipinski definition) is 1. The number of aromatic nitrogens is 6.